The molecule has 0 aromatic carbocycles. The van der Waals surface area contributed by atoms with E-state index in [0.29, 0.717) is 6.42 Å². The van der Waals surface area contributed by atoms with Crippen molar-refractivity contribution in [3.63, 3.8) is 0 Å². The molecule has 0 saturated heterocycles. The summed E-state index contributed by atoms with van der Waals surface area (Å²) in [5, 5.41) is 8.52. The van der Waals surface area contributed by atoms with Crippen LogP contribution in [0.4, 0.5) is 0 Å². The van der Waals surface area contributed by atoms with Gasteiger partial charge in [0, 0.05) is 6.42 Å². The molecule has 0 aromatic rings. The topological polar surface area (TPSA) is 65.0 Å². The molecule has 0 atom stereocenters. The third kappa shape index (κ3) is 30.3. The number of carboxylic acid groups (broad SMARTS) is 1. The van der Waals surface area contributed by atoms with Gasteiger partial charge in [-0.25, -0.2) is 0 Å². The van der Waals surface area contributed by atoms with Gasteiger partial charge in [0.1, 0.15) is 0 Å². The molecule has 7 heteroatoms. The van der Waals surface area contributed by atoms with E-state index in [1.54, 1.807) is 0 Å². The summed E-state index contributed by atoms with van der Waals surface area (Å²) in [6.07, 6.45) is 23.2. The van der Waals surface area contributed by atoms with Gasteiger partial charge in [-0.05, 0) is 6.42 Å². The molecule has 0 aliphatic carbocycles. The molecule has 0 amide bonds. The summed E-state index contributed by atoms with van der Waals surface area (Å²) < 4.78 is 17.0. The molecule has 0 fully saturated rings. The van der Waals surface area contributed by atoms with Crippen LogP contribution in [-0.4, -0.2) is 37.6 Å². The second kappa shape index (κ2) is 29.5. The molecule has 0 spiro atoms. The fraction of sp³-hybridized carbons (Fsp3) is 0.963. The quantitative estimate of drug-likeness (QED) is 0.0933. The van der Waals surface area contributed by atoms with Crippen LogP contribution in [0.2, 0.25) is 0 Å². The second-order valence-corrected chi connectivity index (χ2v) is 14.0. The first kappa shape index (κ1) is 36.4. The first-order valence-electron chi connectivity index (χ1n) is 14.3. The molecular weight excluding hydrogens is 480 g/mol. The molecule has 0 rings (SSSR count). The van der Waals surface area contributed by atoms with Gasteiger partial charge in [-0.1, -0.05) is 96.8 Å². The van der Waals surface area contributed by atoms with Gasteiger partial charge in [-0.3, -0.25) is 4.79 Å². The van der Waals surface area contributed by atoms with Crippen molar-refractivity contribution in [2.24, 2.45) is 0 Å². The van der Waals surface area contributed by atoms with Crippen molar-refractivity contribution in [2.75, 3.05) is 19.8 Å². The number of rotatable bonds is 25. The second-order valence-electron chi connectivity index (χ2n) is 9.20. The maximum absolute atomic E-state index is 10.3. The maximum atomic E-state index is 10.3. The van der Waals surface area contributed by atoms with Crippen molar-refractivity contribution in [1.29, 1.82) is 0 Å². The first-order chi connectivity index (χ1) is 16.5. The van der Waals surface area contributed by atoms with E-state index < -0.39 is 12.6 Å². The molecule has 0 bridgehead atoms. The number of carbonyl (C=O) groups is 1. The Morgan fingerprint density at radius 1 is 0.559 bits per heavy atom. The number of hydrogen-bond acceptors (Lipinski definition) is 4. The minimum atomic E-state index is -2.31. The summed E-state index contributed by atoms with van der Waals surface area (Å²) in [5.74, 6) is -0.653. The monoisotopic (exact) mass is 537 g/mol. The van der Waals surface area contributed by atoms with Gasteiger partial charge in [0.05, 0.1) is 0 Å². The molecule has 0 radical (unpaired) electrons. The molecule has 0 heterocycles. The van der Waals surface area contributed by atoms with Crippen molar-refractivity contribution in [3.05, 3.63) is 0 Å². The van der Waals surface area contributed by atoms with Crippen molar-refractivity contribution in [2.45, 2.75) is 150 Å². The summed E-state index contributed by atoms with van der Waals surface area (Å²) in [6, 6.07) is 0. The SMILES string of the molecule is CCCCCCCCCCCCCCCCCC(=O)O.CCCO[Si]([Ti])(OCCC)OCCC. The standard InChI is InChI=1S/C18H36O2.C9H21O3Si.Ti/c1-2-3-4-5-6-7-8-9-10-11-12-13-14-15-16-17-18(19)20;1-4-7-10-13(11-8-5-2)12-9-6-3;/h2-17H2,1H3,(H,19,20);4-9H2,1-3H3;. The fourth-order valence-electron chi connectivity index (χ4n) is 3.48. The third-order valence-electron chi connectivity index (χ3n) is 5.48. The van der Waals surface area contributed by atoms with Gasteiger partial charge in [0.2, 0.25) is 0 Å². The zero-order valence-electron chi connectivity index (χ0n) is 23.1. The molecule has 0 aliphatic heterocycles. The summed E-state index contributed by atoms with van der Waals surface area (Å²) in [5.41, 5.74) is 0. The molecule has 5 nitrogen and oxygen atoms in total. The average molecular weight is 538 g/mol. The van der Waals surface area contributed by atoms with Crippen molar-refractivity contribution in [1.82, 2.24) is 0 Å². The molecule has 0 aliphatic rings. The van der Waals surface area contributed by atoms with E-state index in [0.717, 1.165) is 51.9 Å². The Bertz CT molecular complexity index is 391. The van der Waals surface area contributed by atoms with Gasteiger partial charge in [0.25, 0.3) is 0 Å². The predicted molar refractivity (Wildman–Crippen MR) is 142 cm³/mol. The van der Waals surface area contributed by atoms with E-state index in [4.69, 9.17) is 18.4 Å². The number of aliphatic carboxylic acids is 1. The number of unbranched alkanes of at least 4 members (excludes halogenated alkanes) is 14. The van der Waals surface area contributed by atoms with Gasteiger partial charge in [-0.15, -0.1) is 0 Å². The van der Waals surface area contributed by atoms with Crippen LogP contribution in [0.3, 0.4) is 0 Å². The molecule has 0 saturated carbocycles. The Kier molecular flexibility index (Phi) is 31.6. The molecule has 203 valence electrons. The number of carboxylic acids is 1. The van der Waals surface area contributed by atoms with Gasteiger partial charge in [-0.2, -0.15) is 0 Å². The Morgan fingerprint density at radius 3 is 1.12 bits per heavy atom. The van der Waals surface area contributed by atoms with E-state index in [1.165, 1.54) is 83.5 Å². The Labute approximate surface area is 224 Å². The van der Waals surface area contributed by atoms with Crippen LogP contribution in [0, 0.1) is 0 Å². The van der Waals surface area contributed by atoms with Crippen LogP contribution < -0.4 is 0 Å². The van der Waals surface area contributed by atoms with Crippen LogP contribution in [-0.2, 0) is 37.8 Å². The summed E-state index contributed by atoms with van der Waals surface area (Å²) >= 11 is 1.98. The summed E-state index contributed by atoms with van der Waals surface area (Å²) in [4.78, 5) is 10.3. The van der Waals surface area contributed by atoms with Gasteiger partial charge < -0.3 is 5.11 Å². The predicted octanol–water partition coefficient (Wildman–Crippen LogP) is 8.58. The minimum absolute atomic E-state index is 0.345. The molecular formula is C27H57O5SiTi. The molecule has 1 N–H and O–H groups in total. The van der Waals surface area contributed by atoms with Crippen LogP contribution in [0.1, 0.15) is 150 Å². The number of hydrogen-bond donors (Lipinski definition) is 1. The Balaban J connectivity index is 0. The van der Waals surface area contributed by atoms with Crippen molar-refractivity contribution >= 4 is 12.6 Å². The van der Waals surface area contributed by atoms with Gasteiger partial charge >= 0.3 is 105 Å². The van der Waals surface area contributed by atoms with E-state index >= 15 is 0 Å². The molecule has 0 unspecified atom stereocenters. The average Bonchev–Trinajstić information content (AvgIpc) is 2.83. The summed E-state index contributed by atoms with van der Waals surface area (Å²) in [6.45, 7) is 8.43. The fourth-order valence-corrected chi connectivity index (χ4v) is 6.58. The van der Waals surface area contributed by atoms with E-state index in [9.17, 15) is 4.79 Å². The zero-order valence-corrected chi connectivity index (χ0v) is 25.7. The molecule has 34 heavy (non-hydrogen) atoms. The van der Waals surface area contributed by atoms with Crippen LogP contribution in [0.5, 0.6) is 0 Å². The van der Waals surface area contributed by atoms with E-state index in [-0.39, 0.29) is 0 Å². The Morgan fingerprint density at radius 2 is 0.853 bits per heavy atom. The molecule has 0 aromatic heterocycles. The van der Waals surface area contributed by atoms with Gasteiger partial charge in [0.15, 0.2) is 0 Å². The van der Waals surface area contributed by atoms with Crippen LogP contribution >= 0.6 is 0 Å². The summed E-state index contributed by atoms with van der Waals surface area (Å²) in [7, 11) is 0. The van der Waals surface area contributed by atoms with E-state index in [1.807, 2.05) is 19.7 Å². The Hall–Kier alpha value is 0.281. The van der Waals surface area contributed by atoms with Crippen LogP contribution in [0.25, 0.3) is 0 Å². The normalized spacial score (nSPS) is 11.3. The van der Waals surface area contributed by atoms with E-state index in [2.05, 4.69) is 27.7 Å². The first-order valence-corrected chi connectivity index (χ1v) is 18.4. The van der Waals surface area contributed by atoms with Crippen LogP contribution in [0.15, 0.2) is 0 Å². The zero-order chi connectivity index (χ0) is 25.8. The van der Waals surface area contributed by atoms with Crippen molar-refractivity contribution in [3.8, 4) is 0 Å². The van der Waals surface area contributed by atoms with Crippen molar-refractivity contribution < 1.29 is 42.9 Å². The third-order valence-corrected chi connectivity index (χ3v) is 9.26.